The number of nitrogens with one attached hydrogen (secondary N) is 3. The Kier molecular flexibility index (Phi) is 11.7. The molecule has 3 N–H and O–H groups in total. The molecule has 2 heterocycles. The number of fused-ring (bicyclic) bond motifs is 1. The van der Waals surface area contributed by atoms with Crippen LogP contribution in [0.15, 0.2) is 0 Å². The van der Waals surface area contributed by atoms with Crippen molar-refractivity contribution in [1.82, 2.24) is 25.8 Å². The van der Waals surface area contributed by atoms with Gasteiger partial charge in [0.1, 0.15) is 24.2 Å². The van der Waals surface area contributed by atoms with Gasteiger partial charge in [0, 0.05) is 20.1 Å². The Balaban J connectivity index is 2.40. The van der Waals surface area contributed by atoms with E-state index in [1.165, 1.54) is 16.8 Å². The zero-order valence-electron chi connectivity index (χ0n) is 24.2. The van der Waals surface area contributed by atoms with E-state index in [-0.39, 0.29) is 37.6 Å². The van der Waals surface area contributed by atoms with E-state index in [0.717, 1.165) is 0 Å². The maximum Gasteiger partial charge on any atom is 0.308 e. The van der Waals surface area contributed by atoms with Gasteiger partial charge in [-0.3, -0.25) is 28.8 Å². The summed E-state index contributed by atoms with van der Waals surface area (Å²) in [5.74, 6) is -3.27. The average molecular weight is 552 g/mol. The molecule has 2 aliphatic heterocycles. The predicted molar refractivity (Wildman–Crippen MR) is 143 cm³/mol. The van der Waals surface area contributed by atoms with Gasteiger partial charge in [0.05, 0.1) is 6.42 Å². The van der Waals surface area contributed by atoms with E-state index in [0.29, 0.717) is 19.4 Å². The zero-order valence-corrected chi connectivity index (χ0v) is 24.2. The number of hydrogen-bond donors (Lipinski definition) is 3. The number of hydrogen-bond acceptors (Lipinski definition) is 7. The highest BCUT2D eigenvalue weighted by Crippen LogP contribution is 2.22. The molecule has 2 fully saturated rings. The van der Waals surface area contributed by atoms with Crippen molar-refractivity contribution in [3.63, 3.8) is 0 Å². The SMILES string of the molecule is CC[C@@H]1NC(=O)[C@@H]2CCCN2C(=O)[C@@H](CC(C)C)OC(=O)CCNC(=O)[C@H](C)N(C)C(=O)C(C(C)C)NC1=O. The van der Waals surface area contributed by atoms with Crippen LogP contribution in [0.3, 0.4) is 0 Å². The van der Waals surface area contributed by atoms with Crippen molar-refractivity contribution >= 4 is 35.5 Å². The first-order valence-electron chi connectivity index (χ1n) is 13.9. The van der Waals surface area contributed by atoms with Crippen molar-refractivity contribution in [1.29, 1.82) is 0 Å². The lowest BCUT2D eigenvalue weighted by molar-refractivity contribution is -0.162. The highest BCUT2D eigenvalue weighted by Gasteiger charge is 2.40. The topological polar surface area (TPSA) is 154 Å². The molecule has 5 atom stereocenters. The number of amides is 5. The van der Waals surface area contributed by atoms with Crippen LogP contribution < -0.4 is 16.0 Å². The summed E-state index contributed by atoms with van der Waals surface area (Å²) in [6.07, 6.45) is 0.325. The van der Waals surface area contributed by atoms with Crippen LogP contribution in [0.1, 0.15) is 73.6 Å². The Hall–Kier alpha value is -3.18. The molecule has 2 saturated heterocycles. The van der Waals surface area contributed by atoms with E-state index in [1.54, 1.807) is 27.7 Å². The molecule has 0 aromatic carbocycles. The number of cyclic esters (lactones) is 1. The molecule has 12 nitrogen and oxygen atoms in total. The monoisotopic (exact) mass is 551 g/mol. The lowest BCUT2D eigenvalue weighted by atomic mass is 10.0. The van der Waals surface area contributed by atoms with E-state index in [1.807, 2.05) is 13.8 Å². The summed E-state index contributed by atoms with van der Waals surface area (Å²) in [4.78, 5) is 81.2. The van der Waals surface area contributed by atoms with Crippen LogP contribution in [0.5, 0.6) is 0 Å². The summed E-state index contributed by atoms with van der Waals surface area (Å²) in [6, 6.07) is -3.54. The Morgan fingerprint density at radius 1 is 0.949 bits per heavy atom. The Morgan fingerprint density at radius 3 is 2.21 bits per heavy atom. The van der Waals surface area contributed by atoms with E-state index < -0.39 is 65.8 Å². The van der Waals surface area contributed by atoms with Crippen molar-refractivity contribution in [2.45, 2.75) is 104 Å². The van der Waals surface area contributed by atoms with Crippen LogP contribution in [-0.2, 0) is 33.5 Å². The molecule has 0 aromatic rings. The molecule has 1 unspecified atom stereocenters. The summed E-state index contributed by atoms with van der Waals surface area (Å²) in [5.41, 5.74) is 0. The molecule has 0 saturated carbocycles. The van der Waals surface area contributed by atoms with Gasteiger partial charge in [-0.15, -0.1) is 0 Å². The van der Waals surface area contributed by atoms with Crippen LogP contribution in [0.25, 0.3) is 0 Å². The van der Waals surface area contributed by atoms with Crippen molar-refractivity contribution in [3.05, 3.63) is 0 Å². The summed E-state index contributed by atoms with van der Waals surface area (Å²) >= 11 is 0. The summed E-state index contributed by atoms with van der Waals surface area (Å²) < 4.78 is 5.54. The minimum Gasteiger partial charge on any atom is -0.452 e. The molecule has 39 heavy (non-hydrogen) atoms. The van der Waals surface area contributed by atoms with Gasteiger partial charge in [0.25, 0.3) is 5.91 Å². The summed E-state index contributed by atoms with van der Waals surface area (Å²) in [6.45, 7) is 10.9. The van der Waals surface area contributed by atoms with Crippen LogP contribution >= 0.6 is 0 Å². The molecule has 0 spiro atoms. The van der Waals surface area contributed by atoms with Gasteiger partial charge in [-0.1, -0.05) is 34.6 Å². The maximum absolute atomic E-state index is 13.5. The second kappa shape index (κ2) is 14.3. The minimum absolute atomic E-state index is 0.0378. The number of esters is 1. The predicted octanol–water partition coefficient (Wildman–Crippen LogP) is 0.338. The minimum atomic E-state index is -1.07. The first kappa shape index (κ1) is 32.0. The van der Waals surface area contributed by atoms with Gasteiger partial charge >= 0.3 is 5.97 Å². The number of nitrogens with zero attached hydrogens (tertiary/aromatic N) is 2. The van der Waals surface area contributed by atoms with Crippen LogP contribution in [0.4, 0.5) is 0 Å². The van der Waals surface area contributed by atoms with E-state index in [9.17, 15) is 28.8 Å². The van der Waals surface area contributed by atoms with Crippen molar-refractivity contribution < 1.29 is 33.5 Å². The standard InChI is InChI=1S/C27H45N5O7/c1-8-18-24(35)30-22(16(4)5)27(38)31(7)17(6)23(34)28-12-11-21(33)39-20(14-15(2)3)26(37)32-13-9-10-19(32)25(36)29-18/h15-20,22H,8-14H2,1-7H3,(H,28,34)(H,29,36)(H,30,35)/t17-,18-,19-,20+,22?/m0/s1. The fourth-order valence-corrected chi connectivity index (χ4v) is 4.74. The molecule has 5 amide bonds. The highest BCUT2D eigenvalue weighted by molar-refractivity contribution is 5.96. The third-order valence-corrected chi connectivity index (χ3v) is 7.28. The van der Waals surface area contributed by atoms with Gasteiger partial charge < -0.3 is 30.5 Å². The van der Waals surface area contributed by atoms with E-state index >= 15 is 0 Å². The number of rotatable bonds is 4. The van der Waals surface area contributed by atoms with Gasteiger partial charge in [0.15, 0.2) is 6.10 Å². The normalized spacial score (nSPS) is 28.8. The molecular formula is C27H45N5O7. The van der Waals surface area contributed by atoms with Crippen molar-refractivity contribution in [3.8, 4) is 0 Å². The molecule has 220 valence electrons. The smallest absolute Gasteiger partial charge is 0.308 e. The second-order valence-corrected chi connectivity index (χ2v) is 11.2. The van der Waals surface area contributed by atoms with Crippen LogP contribution in [0.2, 0.25) is 0 Å². The van der Waals surface area contributed by atoms with Crippen LogP contribution in [-0.4, -0.2) is 95.7 Å². The zero-order chi connectivity index (χ0) is 29.4. The van der Waals surface area contributed by atoms with Gasteiger partial charge in [-0.05, 0) is 44.4 Å². The number of carbonyl (C=O) groups excluding carboxylic acids is 6. The first-order valence-corrected chi connectivity index (χ1v) is 13.9. The van der Waals surface area contributed by atoms with E-state index in [2.05, 4.69) is 16.0 Å². The van der Waals surface area contributed by atoms with E-state index in [4.69, 9.17) is 4.74 Å². The average Bonchev–Trinajstić information content (AvgIpc) is 3.37. The molecular weight excluding hydrogens is 506 g/mol. The molecule has 0 aliphatic carbocycles. The Bertz CT molecular complexity index is 937. The summed E-state index contributed by atoms with van der Waals surface area (Å²) in [7, 11) is 1.47. The molecule has 2 rings (SSSR count). The number of likely N-dealkylation sites (N-methyl/N-ethyl adjacent to an activating group) is 1. The van der Waals surface area contributed by atoms with Gasteiger partial charge in [-0.25, -0.2) is 0 Å². The second-order valence-electron chi connectivity index (χ2n) is 11.2. The lowest BCUT2D eigenvalue weighted by Gasteiger charge is -2.32. The Labute approximate surface area is 230 Å². The third kappa shape index (κ3) is 8.40. The Morgan fingerprint density at radius 2 is 1.62 bits per heavy atom. The molecule has 0 bridgehead atoms. The highest BCUT2D eigenvalue weighted by atomic mass is 16.5. The van der Waals surface area contributed by atoms with Crippen molar-refractivity contribution in [2.24, 2.45) is 11.8 Å². The maximum atomic E-state index is 13.5. The summed E-state index contributed by atoms with van der Waals surface area (Å²) in [5, 5.41) is 8.13. The lowest BCUT2D eigenvalue weighted by Crippen LogP contribution is -2.59. The van der Waals surface area contributed by atoms with Crippen molar-refractivity contribution in [2.75, 3.05) is 20.1 Å². The largest absolute Gasteiger partial charge is 0.452 e. The molecule has 0 aromatic heterocycles. The number of ether oxygens (including phenoxy) is 1. The van der Waals surface area contributed by atoms with Gasteiger partial charge in [-0.2, -0.15) is 0 Å². The third-order valence-electron chi connectivity index (χ3n) is 7.28. The van der Waals surface area contributed by atoms with Crippen LogP contribution in [0, 0.1) is 11.8 Å². The fourth-order valence-electron chi connectivity index (χ4n) is 4.74. The molecule has 12 heteroatoms. The number of carbonyl (C=O) groups is 6. The van der Waals surface area contributed by atoms with Gasteiger partial charge in [0.2, 0.25) is 23.6 Å². The fraction of sp³-hybridized carbons (Fsp3) is 0.778. The molecule has 0 radical (unpaired) electrons. The first-order chi connectivity index (χ1) is 18.3. The quantitative estimate of drug-likeness (QED) is 0.426. The molecule has 2 aliphatic rings.